The Morgan fingerprint density at radius 2 is 1.68 bits per heavy atom. The highest BCUT2D eigenvalue weighted by Crippen LogP contribution is 2.40. The van der Waals surface area contributed by atoms with Gasteiger partial charge in [0.1, 0.15) is 0 Å². The van der Waals surface area contributed by atoms with E-state index in [-0.39, 0.29) is 5.92 Å². The molecule has 2 nitrogen and oxygen atoms in total. The van der Waals surface area contributed by atoms with E-state index in [9.17, 15) is 13.2 Å². The molecule has 1 N–H and O–H groups in total. The van der Waals surface area contributed by atoms with E-state index in [1.165, 1.54) is 6.07 Å². The second-order valence-corrected chi connectivity index (χ2v) is 5.20. The monoisotopic (exact) mass is 271 g/mol. The molecule has 0 bridgehead atoms. The molecule has 2 heterocycles. The second-order valence-electron chi connectivity index (χ2n) is 5.20. The molecule has 3 rings (SSSR count). The lowest BCUT2D eigenvalue weighted by Crippen LogP contribution is -2.19. The number of fused-ring (bicyclic) bond motifs is 1. The van der Waals surface area contributed by atoms with Gasteiger partial charge in [-0.25, -0.2) is 0 Å². The number of hydrogen-bond donors (Lipinski definition) is 1. The van der Waals surface area contributed by atoms with Gasteiger partial charge in [0, 0.05) is 26.3 Å². The summed E-state index contributed by atoms with van der Waals surface area (Å²) >= 11 is 0. The van der Waals surface area contributed by atoms with Crippen LogP contribution in [0.25, 0.3) is 0 Å². The lowest BCUT2D eigenvalue weighted by Gasteiger charge is -2.26. The van der Waals surface area contributed by atoms with Gasteiger partial charge in [-0.1, -0.05) is 6.07 Å². The molecule has 0 radical (unpaired) electrons. The highest BCUT2D eigenvalue weighted by atomic mass is 19.4. The Hall–Kier alpha value is -1.07. The molecule has 5 heteroatoms. The van der Waals surface area contributed by atoms with Gasteiger partial charge in [-0.2, -0.15) is 13.2 Å². The van der Waals surface area contributed by atoms with Crippen molar-refractivity contribution >= 4 is 0 Å². The molecule has 0 spiro atoms. The van der Waals surface area contributed by atoms with Gasteiger partial charge >= 0.3 is 6.18 Å². The summed E-state index contributed by atoms with van der Waals surface area (Å²) in [4.78, 5) is 0. The van der Waals surface area contributed by atoms with E-state index in [4.69, 9.17) is 4.74 Å². The van der Waals surface area contributed by atoms with E-state index in [0.717, 1.165) is 11.1 Å². The highest BCUT2D eigenvalue weighted by Gasteiger charge is 2.36. The predicted octanol–water partition coefficient (Wildman–Crippen LogP) is 3.20. The largest absolute Gasteiger partial charge is 0.416 e. The van der Waals surface area contributed by atoms with Crippen LogP contribution in [0.5, 0.6) is 0 Å². The first kappa shape index (κ1) is 12.9. The van der Waals surface area contributed by atoms with Gasteiger partial charge in [-0.3, -0.25) is 0 Å². The first-order chi connectivity index (χ1) is 9.05. The van der Waals surface area contributed by atoms with E-state index >= 15 is 0 Å². The Morgan fingerprint density at radius 1 is 1.05 bits per heavy atom. The molecule has 0 amide bonds. The fourth-order valence-corrected chi connectivity index (χ4v) is 2.96. The zero-order valence-corrected chi connectivity index (χ0v) is 10.5. The molecular formula is C14H16F3NO. The van der Waals surface area contributed by atoms with Gasteiger partial charge in [0.2, 0.25) is 0 Å². The smallest absolute Gasteiger partial charge is 0.381 e. The van der Waals surface area contributed by atoms with Crippen LogP contribution in [0, 0.1) is 0 Å². The van der Waals surface area contributed by atoms with Crippen molar-refractivity contribution in [3.8, 4) is 0 Å². The van der Waals surface area contributed by atoms with Crippen molar-refractivity contribution in [3.05, 3.63) is 34.4 Å². The van der Waals surface area contributed by atoms with Crippen molar-refractivity contribution in [2.45, 2.75) is 38.0 Å². The van der Waals surface area contributed by atoms with Crippen molar-refractivity contribution in [2.75, 3.05) is 13.2 Å². The van der Waals surface area contributed by atoms with Gasteiger partial charge in [0.05, 0.1) is 5.56 Å². The number of rotatable bonds is 1. The van der Waals surface area contributed by atoms with Gasteiger partial charge in [-0.15, -0.1) is 0 Å². The number of nitrogens with one attached hydrogen (secondary N) is 1. The molecule has 1 aromatic rings. The fourth-order valence-electron chi connectivity index (χ4n) is 2.96. The summed E-state index contributed by atoms with van der Waals surface area (Å²) in [7, 11) is 0. The van der Waals surface area contributed by atoms with Crippen molar-refractivity contribution in [2.24, 2.45) is 0 Å². The van der Waals surface area contributed by atoms with Crippen LogP contribution in [-0.2, 0) is 24.0 Å². The van der Waals surface area contributed by atoms with Crippen molar-refractivity contribution in [3.63, 3.8) is 0 Å². The number of hydrogen-bond acceptors (Lipinski definition) is 2. The highest BCUT2D eigenvalue weighted by molar-refractivity contribution is 5.43. The van der Waals surface area contributed by atoms with Gasteiger partial charge in [0.25, 0.3) is 0 Å². The van der Waals surface area contributed by atoms with Crippen molar-refractivity contribution < 1.29 is 17.9 Å². The molecule has 1 fully saturated rings. The van der Waals surface area contributed by atoms with Crippen molar-refractivity contribution in [1.82, 2.24) is 5.32 Å². The molecule has 0 unspecified atom stereocenters. The van der Waals surface area contributed by atoms with E-state index in [2.05, 4.69) is 5.32 Å². The average molecular weight is 271 g/mol. The van der Waals surface area contributed by atoms with E-state index in [1.807, 2.05) is 0 Å². The first-order valence-corrected chi connectivity index (χ1v) is 6.57. The van der Waals surface area contributed by atoms with Crippen LogP contribution in [0.2, 0.25) is 0 Å². The molecule has 19 heavy (non-hydrogen) atoms. The lowest BCUT2D eigenvalue weighted by molar-refractivity contribution is -0.138. The van der Waals surface area contributed by atoms with Crippen LogP contribution in [0.3, 0.4) is 0 Å². The summed E-state index contributed by atoms with van der Waals surface area (Å²) in [6.07, 6.45) is -2.92. The normalized spacial score (nSPS) is 20.6. The Balaban J connectivity index is 2.05. The molecule has 2 aliphatic heterocycles. The Labute approximate surface area is 109 Å². The summed E-state index contributed by atoms with van der Waals surface area (Å²) in [5.74, 6) is -0.0312. The molecule has 1 saturated heterocycles. The summed E-state index contributed by atoms with van der Waals surface area (Å²) in [5, 5.41) is 3.10. The zero-order chi connectivity index (χ0) is 13.5. The topological polar surface area (TPSA) is 21.3 Å². The minimum atomic E-state index is -4.27. The van der Waals surface area contributed by atoms with E-state index in [1.54, 1.807) is 6.07 Å². The summed E-state index contributed by atoms with van der Waals surface area (Å²) in [5.41, 5.74) is 1.79. The molecule has 0 atom stereocenters. The van der Waals surface area contributed by atoms with Gasteiger partial charge in [0.15, 0.2) is 0 Å². The van der Waals surface area contributed by atoms with Crippen LogP contribution < -0.4 is 5.32 Å². The summed E-state index contributed by atoms with van der Waals surface area (Å²) < 4.78 is 44.9. The Morgan fingerprint density at radius 3 is 2.32 bits per heavy atom. The summed E-state index contributed by atoms with van der Waals surface area (Å²) in [6, 6.07) is 3.09. The first-order valence-electron chi connectivity index (χ1n) is 6.57. The zero-order valence-electron chi connectivity index (χ0n) is 10.5. The molecule has 2 aliphatic rings. The predicted molar refractivity (Wildman–Crippen MR) is 64.8 cm³/mol. The Bertz CT molecular complexity index is 478. The number of benzene rings is 1. The maximum absolute atomic E-state index is 13.2. The third kappa shape index (κ3) is 2.49. The molecule has 0 saturated carbocycles. The molecular weight excluding hydrogens is 255 g/mol. The molecule has 104 valence electrons. The van der Waals surface area contributed by atoms with Crippen LogP contribution in [0.1, 0.15) is 41.0 Å². The van der Waals surface area contributed by atoms with Gasteiger partial charge < -0.3 is 10.1 Å². The lowest BCUT2D eigenvalue weighted by atomic mass is 9.86. The molecule has 0 aromatic heterocycles. The van der Waals surface area contributed by atoms with E-state index < -0.39 is 11.7 Å². The van der Waals surface area contributed by atoms with Crippen LogP contribution in [0.4, 0.5) is 13.2 Å². The third-order valence-electron chi connectivity index (χ3n) is 3.97. The van der Waals surface area contributed by atoms with E-state index in [0.29, 0.717) is 44.7 Å². The SMILES string of the molecule is FC(F)(F)c1cc2c(cc1C1CCOCC1)CNC2. The molecule has 1 aromatic carbocycles. The summed E-state index contributed by atoms with van der Waals surface area (Å²) in [6.45, 7) is 2.31. The third-order valence-corrected chi connectivity index (χ3v) is 3.97. The number of halogens is 3. The average Bonchev–Trinajstić information content (AvgIpc) is 2.84. The minimum Gasteiger partial charge on any atom is -0.381 e. The van der Waals surface area contributed by atoms with Crippen LogP contribution in [-0.4, -0.2) is 13.2 Å². The number of alkyl halides is 3. The maximum atomic E-state index is 13.2. The van der Waals surface area contributed by atoms with Crippen LogP contribution >= 0.6 is 0 Å². The fraction of sp³-hybridized carbons (Fsp3) is 0.571. The number of ether oxygens (including phenoxy) is 1. The quantitative estimate of drug-likeness (QED) is 0.847. The molecule has 0 aliphatic carbocycles. The second kappa shape index (κ2) is 4.80. The van der Waals surface area contributed by atoms with Gasteiger partial charge in [-0.05, 0) is 41.5 Å². The van der Waals surface area contributed by atoms with Crippen molar-refractivity contribution in [1.29, 1.82) is 0 Å². The van der Waals surface area contributed by atoms with Crippen LogP contribution in [0.15, 0.2) is 12.1 Å². The minimum absolute atomic E-state index is 0.0312. The Kier molecular flexibility index (Phi) is 3.27. The standard InChI is InChI=1S/C14H16F3NO/c15-14(16,17)13-6-11-8-18-7-10(11)5-12(13)9-1-3-19-4-2-9/h5-6,9,18H,1-4,7-8H2. The maximum Gasteiger partial charge on any atom is 0.416 e.